The van der Waals surface area contributed by atoms with Crippen molar-refractivity contribution in [2.24, 2.45) is 0 Å². The zero-order valence-corrected chi connectivity index (χ0v) is 13.7. The second-order valence-electron chi connectivity index (χ2n) is 5.68. The van der Waals surface area contributed by atoms with Gasteiger partial charge >= 0.3 is 12.1 Å². The first kappa shape index (κ1) is 16.8. The summed E-state index contributed by atoms with van der Waals surface area (Å²) >= 11 is 0. The fraction of sp³-hybridized carbons (Fsp3) is 0.222. The van der Waals surface area contributed by atoms with Crippen LogP contribution in [0.25, 0.3) is 0 Å². The third-order valence-electron chi connectivity index (χ3n) is 4.03. The Balaban J connectivity index is 1.69. The summed E-state index contributed by atoms with van der Waals surface area (Å²) in [4.78, 5) is 25.3. The number of carbonyl (C=O) groups is 2. The van der Waals surface area contributed by atoms with E-state index < -0.39 is 11.8 Å². The molecule has 0 aromatic heterocycles. The number of nitrogens with zero attached hydrogens (tertiary/aromatic N) is 1. The predicted octanol–water partition coefficient (Wildman–Crippen LogP) is 3.59. The van der Waals surface area contributed by atoms with Crippen molar-refractivity contribution in [3.8, 4) is 0 Å². The Morgan fingerprint density at radius 2 is 1.92 bits per heavy atom. The topological polar surface area (TPSA) is 70.7 Å². The molecule has 0 spiro atoms. The molecular formula is C18H18FN3O3. The van der Waals surface area contributed by atoms with E-state index in [1.165, 1.54) is 19.2 Å². The van der Waals surface area contributed by atoms with Gasteiger partial charge in [-0.1, -0.05) is 18.2 Å². The van der Waals surface area contributed by atoms with Crippen LogP contribution in [-0.2, 0) is 17.7 Å². The number of hydrogen-bond donors (Lipinski definition) is 2. The fourth-order valence-corrected chi connectivity index (χ4v) is 2.77. The summed E-state index contributed by atoms with van der Waals surface area (Å²) in [5, 5.41) is 5.14. The van der Waals surface area contributed by atoms with Crippen LogP contribution in [0.15, 0.2) is 42.5 Å². The summed E-state index contributed by atoms with van der Waals surface area (Å²) in [5.41, 5.74) is 2.75. The van der Waals surface area contributed by atoms with Crippen molar-refractivity contribution in [2.75, 3.05) is 24.3 Å². The van der Waals surface area contributed by atoms with Crippen LogP contribution in [0.5, 0.6) is 0 Å². The first-order valence-corrected chi connectivity index (χ1v) is 7.84. The van der Waals surface area contributed by atoms with Crippen molar-refractivity contribution in [1.29, 1.82) is 0 Å². The van der Waals surface area contributed by atoms with E-state index in [1.54, 1.807) is 23.1 Å². The summed E-state index contributed by atoms with van der Waals surface area (Å²) in [6, 6.07) is 10.9. The van der Waals surface area contributed by atoms with E-state index >= 15 is 0 Å². The Hall–Kier alpha value is -3.09. The van der Waals surface area contributed by atoms with Crippen LogP contribution in [0.3, 0.4) is 0 Å². The maximum absolute atomic E-state index is 13.6. The smallest absolute Gasteiger partial charge is 0.409 e. The lowest BCUT2D eigenvalue weighted by atomic mass is 9.99. The quantitative estimate of drug-likeness (QED) is 0.875. The van der Waals surface area contributed by atoms with Crippen molar-refractivity contribution in [3.63, 3.8) is 0 Å². The molecule has 25 heavy (non-hydrogen) atoms. The Kier molecular flexibility index (Phi) is 4.83. The van der Waals surface area contributed by atoms with Gasteiger partial charge in [-0.25, -0.2) is 14.0 Å². The molecule has 1 heterocycles. The molecule has 3 rings (SSSR count). The van der Waals surface area contributed by atoms with Gasteiger partial charge < -0.3 is 20.3 Å². The monoisotopic (exact) mass is 343 g/mol. The van der Waals surface area contributed by atoms with Gasteiger partial charge in [0.15, 0.2) is 0 Å². The molecule has 3 amide bonds. The number of anilines is 2. The number of benzene rings is 2. The standard InChI is InChI=1S/C18H18FN3O3/c1-25-18(24)22-9-8-12-6-7-14(10-13(12)11-22)20-17(23)21-16-5-3-2-4-15(16)19/h2-7,10H,8-9,11H2,1H3,(H2,20,21,23). The number of ether oxygens (including phenoxy) is 1. The highest BCUT2D eigenvalue weighted by atomic mass is 19.1. The largest absolute Gasteiger partial charge is 0.453 e. The van der Waals surface area contributed by atoms with E-state index in [0.29, 0.717) is 18.8 Å². The SMILES string of the molecule is COC(=O)N1CCc2ccc(NC(=O)Nc3ccccc3F)cc2C1. The molecule has 0 aliphatic carbocycles. The zero-order valence-electron chi connectivity index (χ0n) is 13.7. The van der Waals surface area contributed by atoms with Gasteiger partial charge in [-0.2, -0.15) is 0 Å². The van der Waals surface area contributed by atoms with Crippen LogP contribution in [0, 0.1) is 5.82 Å². The second kappa shape index (κ2) is 7.21. The van der Waals surface area contributed by atoms with Crippen molar-refractivity contribution in [2.45, 2.75) is 13.0 Å². The number of methoxy groups -OCH3 is 1. The average Bonchev–Trinajstić information content (AvgIpc) is 2.62. The molecule has 0 fully saturated rings. The predicted molar refractivity (Wildman–Crippen MR) is 92.0 cm³/mol. The number of hydrogen-bond acceptors (Lipinski definition) is 3. The maximum atomic E-state index is 13.6. The highest BCUT2D eigenvalue weighted by Crippen LogP contribution is 2.23. The summed E-state index contributed by atoms with van der Waals surface area (Å²) in [6.07, 6.45) is 0.355. The molecule has 0 atom stereocenters. The molecule has 2 N–H and O–H groups in total. The summed E-state index contributed by atoms with van der Waals surface area (Å²) in [6.45, 7) is 1.02. The highest BCUT2D eigenvalue weighted by molar-refractivity contribution is 5.99. The molecule has 130 valence electrons. The minimum atomic E-state index is -0.536. The van der Waals surface area contributed by atoms with Crippen molar-refractivity contribution in [3.05, 3.63) is 59.4 Å². The van der Waals surface area contributed by atoms with E-state index in [0.717, 1.165) is 17.5 Å². The number of rotatable bonds is 2. The summed E-state index contributed by atoms with van der Waals surface area (Å²) < 4.78 is 18.3. The molecule has 0 radical (unpaired) electrons. The molecule has 1 aliphatic heterocycles. The van der Waals surface area contributed by atoms with E-state index in [2.05, 4.69) is 10.6 Å². The molecule has 6 nitrogen and oxygen atoms in total. The molecule has 0 saturated carbocycles. The van der Waals surface area contributed by atoms with Gasteiger partial charge in [0.05, 0.1) is 12.8 Å². The van der Waals surface area contributed by atoms with E-state index in [1.807, 2.05) is 12.1 Å². The maximum Gasteiger partial charge on any atom is 0.409 e. The van der Waals surface area contributed by atoms with Crippen molar-refractivity contribution < 1.29 is 18.7 Å². The summed E-state index contributed by atoms with van der Waals surface area (Å²) in [5.74, 6) is -0.503. The Labute approximate surface area is 144 Å². The minimum Gasteiger partial charge on any atom is -0.453 e. The lowest BCUT2D eigenvalue weighted by Gasteiger charge is -2.28. The van der Waals surface area contributed by atoms with Crippen LogP contribution in [-0.4, -0.2) is 30.7 Å². The molecule has 7 heteroatoms. The first-order valence-electron chi connectivity index (χ1n) is 7.84. The third-order valence-corrected chi connectivity index (χ3v) is 4.03. The zero-order chi connectivity index (χ0) is 17.8. The number of fused-ring (bicyclic) bond motifs is 1. The first-order chi connectivity index (χ1) is 12.1. The normalized spacial score (nSPS) is 13.0. The number of halogens is 1. The van der Waals surface area contributed by atoms with Gasteiger partial charge in [0.2, 0.25) is 0 Å². The minimum absolute atomic E-state index is 0.106. The molecule has 2 aromatic rings. The second-order valence-corrected chi connectivity index (χ2v) is 5.68. The molecule has 2 aromatic carbocycles. The van der Waals surface area contributed by atoms with Gasteiger partial charge in [-0.05, 0) is 41.8 Å². The molecule has 1 aliphatic rings. The van der Waals surface area contributed by atoms with Gasteiger partial charge in [0, 0.05) is 18.8 Å². The number of nitrogens with one attached hydrogen (secondary N) is 2. The van der Waals surface area contributed by atoms with Crippen LogP contribution in [0.1, 0.15) is 11.1 Å². The third kappa shape index (κ3) is 3.88. The number of amides is 3. The van der Waals surface area contributed by atoms with Crippen LogP contribution >= 0.6 is 0 Å². The highest BCUT2D eigenvalue weighted by Gasteiger charge is 2.21. The van der Waals surface area contributed by atoms with Gasteiger partial charge in [0.1, 0.15) is 5.82 Å². The van der Waals surface area contributed by atoms with Crippen LogP contribution in [0.4, 0.5) is 25.4 Å². The number of carbonyl (C=O) groups excluding carboxylic acids is 2. The summed E-state index contributed by atoms with van der Waals surface area (Å²) in [7, 11) is 1.35. The molecule has 0 saturated heterocycles. The van der Waals surface area contributed by atoms with Crippen molar-refractivity contribution >= 4 is 23.5 Å². The van der Waals surface area contributed by atoms with Crippen molar-refractivity contribution in [1.82, 2.24) is 4.90 Å². The van der Waals surface area contributed by atoms with E-state index in [4.69, 9.17) is 4.74 Å². The lowest BCUT2D eigenvalue weighted by molar-refractivity contribution is 0.118. The molecule has 0 bridgehead atoms. The molecular weight excluding hydrogens is 325 g/mol. The lowest BCUT2D eigenvalue weighted by Crippen LogP contribution is -2.35. The van der Waals surface area contributed by atoms with Gasteiger partial charge in [0.25, 0.3) is 0 Å². The van der Waals surface area contributed by atoms with Crippen LogP contribution < -0.4 is 10.6 Å². The Bertz CT molecular complexity index is 810. The Morgan fingerprint density at radius 3 is 2.68 bits per heavy atom. The van der Waals surface area contributed by atoms with E-state index in [9.17, 15) is 14.0 Å². The molecule has 0 unspecified atom stereocenters. The van der Waals surface area contributed by atoms with Gasteiger partial charge in [-0.3, -0.25) is 0 Å². The number of urea groups is 1. The Morgan fingerprint density at radius 1 is 1.12 bits per heavy atom. The fourth-order valence-electron chi connectivity index (χ4n) is 2.77. The number of para-hydroxylation sites is 1. The van der Waals surface area contributed by atoms with E-state index in [-0.39, 0.29) is 11.8 Å². The van der Waals surface area contributed by atoms with Gasteiger partial charge in [-0.15, -0.1) is 0 Å². The average molecular weight is 343 g/mol. The van der Waals surface area contributed by atoms with Crippen LogP contribution in [0.2, 0.25) is 0 Å².